The van der Waals surface area contributed by atoms with Crippen LogP contribution < -0.4 is 4.74 Å². The van der Waals surface area contributed by atoms with Crippen LogP contribution >= 0.6 is 27.5 Å². The van der Waals surface area contributed by atoms with Crippen LogP contribution in [0.1, 0.15) is 39.2 Å². The molecule has 2 rings (SSSR count). The molecule has 0 saturated heterocycles. The van der Waals surface area contributed by atoms with E-state index in [1.165, 1.54) is 12.3 Å². The molecule has 0 atom stereocenters. The molecule has 0 radical (unpaired) electrons. The Bertz CT molecular complexity index is 801. The van der Waals surface area contributed by atoms with E-state index >= 15 is 0 Å². The van der Waals surface area contributed by atoms with Crippen LogP contribution in [0.3, 0.4) is 0 Å². The zero-order chi connectivity index (χ0) is 20.1. The number of rotatable bonds is 4. The summed E-state index contributed by atoms with van der Waals surface area (Å²) in [6.45, 7) is 4.90. The van der Waals surface area contributed by atoms with Gasteiger partial charge in [-0.2, -0.15) is 18.4 Å². The minimum absolute atomic E-state index is 0.0659. The molecule has 0 unspecified atom stereocenters. The van der Waals surface area contributed by atoms with E-state index in [1.54, 1.807) is 4.57 Å². The van der Waals surface area contributed by atoms with Gasteiger partial charge in [0.1, 0.15) is 11.0 Å². The van der Waals surface area contributed by atoms with Crippen LogP contribution in [0, 0.1) is 0 Å². The summed E-state index contributed by atoms with van der Waals surface area (Å²) in [5.41, 5.74) is 0.398. The van der Waals surface area contributed by atoms with Crippen LogP contribution in [0.4, 0.5) is 8.78 Å². The van der Waals surface area contributed by atoms with Crippen molar-refractivity contribution in [2.75, 3.05) is 0 Å². The summed E-state index contributed by atoms with van der Waals surface area (Å²) in [7, 11) is 0. The van der Waals surface area contributed by atoms with E-state index in [0.717, 1.165) is 0 Å². The van der Waals surface area contributed by atoms with Gasteiger partial charge in [0.05, 0.1) is 5.69 Å². The molecular weight excluding hydrogens is 436 g/mol. The third kappa shape index (κ3) is 5.33. The summed E-state index contributed by atoms with van der Waals surface area (Å²) in [6.07, 6.45) is 2.32. The Labute approximate surface area is 162 Å². The van der Waals surface area contributed by atoms with E-state index in [4.69, 9.17) is 21.2 Å². The maximum absolute atomic E-state index is 12.7. The lowest BCUT2D eigenvalue weighted by Gasteiger charge is -2.16. The van der Waals surface area contributed by atoms with Crippen molar-refractivity contribution in [2.45, 2.75) is 46.1 Å². The van der Waals surface area contributed by atoms with E-state index in [1.807, 2.05) is 27.7 Å². The average molecular weight is 453 g/mol. The molecule has 0 fully saturated rings. The number of carbonyl (C=O) groups excluding carboxylic acids is 2. The first-order valence-electron chi connectivity index (χ1n) is 7.44. The number of aromatic nitrogens is 3. The molecule has 2 aromatic heterocycles. The van der Waals surface area contributed by atoms with Crippen LogP contribution in [-0.2, 0) is 21.4 Å². The number of pyridine rings is 1. The lowest BCUT2D eigenvalue weighted by molar-refractivity contribution is -0.191. The standard InChI is InChI=1S/C15H17BrClF2N3O.CO2/c1-5-10-21-11(15(2,3)4)12(17)22(10)13-9(23-14(18)19)6-8(16)7-20-13;2-1-3/h6-7,14H,5H2,1-4H3;. The summed E-state index contributed by atoms with van der Waals surface area (Å²) in [4.78, 5) is 25.0. The molecular formula is C16H17BrClF2N3O3. The summed E-state index contributed by atoms with van der Waals surface area (Å²) in [6, 6.07) is 1.43. The predicted octanol–water partition coefficient (Wildman–Crippen LogP) is 4.56. The SMILES string of the molecule is CCc1nc(C(C)(C)C)c(Cl)n1-c1ncc(Br)cc1OC(F)F.O=C=O. The van der Waals surface area contributed by atoms with Crippen molar-refractivity contribution in [3.63, 3.8) is 0 Å². The third-order valence-corrected chi connectivity index (χ3v) is 3.93. The molecule has 0 amide bonds. The van der Waals surface area contributed by atoms with Gasteiger partial charge in [-0.25, -0.2) is 9.97 Å². The van der Waals surface area contributed by atoms with Crippen LogP contribution in [0.25, 0.3) is 5.82 Å². The second kappa shape index (κ2) is 9.21. The first-order valence-corrected chi connectivity index (χ1v) is 8.61. The summed E-state index contributed by atoms with van der Waals surface area (Å²) < 4.78 is 32.1. The minimum Gasteiger partial charge on any atom is -0.431 e. The molecule has 142 valence electrons. The zero-order valence-corrected chi connectivity index (χ0v) is 16.9. The fourth-order valence-electron chi connectivity index (χ4n) is 2.14. The van der Waals surface area contributed by atoms with Crippen LogP contribution in [0.5, 0.6) is 5.75 Å². The van der Waals surface area contributed by atoms with Crippen LogP contribution in [0.2, 0.25) is 5.15 Å². The Morgan fingerprint density at radius 2 is 1.96 bits per heavy atom. The maximum atomic E-state index is 12.7. The molecule has 10 heteroatoms. The number of hydrogen-bond acceptors (Lipinski definition) is 5. The summed E-state index contributed by atoms with van der Waals surface area (Å²) in [5.74, 6) is 0.760. The van der Waals surface area contributed by atoms with E-state index in [9.17, 15) is 8.78 Å². The second-order valence-corrected chi connectivity index (χ2v) is 7.32. The van der Waals surface area contributed by atoms with Crippen molar-refractivity contribution in [2.24, 2.45) is 0 Å². The van der Waals surface area contributed by atoms with E-state index < -0.39 is 6.61 Å². The zero-order valence-electron chi connectivity index (χ0n) is 14.5. The monoisotopic (exact) mass is 451 g/mol. The largest absolute Gasteiger partial charge is 0.431 e. The Hall–Kier alpha value is -1.83. The molecule has 0 aliphatic heterocycles. The Balaban J connectivity index is 0.00000105. The highest BCUT2D eigenvalue weighted by Crippen LogP contribution is 2.35. The van der Waals surface area contributed by atoms with Gasteiger partial charge in [-0.05, 0) is 15.9 Å². The van der Waals surface area contributed by atoms with Crippen LogP contribution in [0.15, 0.2) is 16.7 Å². The number of hydrogen-bond donors (Lipinski definition) is 0. The van der Waals surface area contributed by atoms with Gasteiger partial charge in [-0.3, -0.25) is 4.57 Å². The van der Waals surface area contributed by atoms with Gasteiger partial charge in [-0.1, -0.05) is 39.3 Å². The first-order chi connectivity index (χ1) is 12.1. The molecule has 0 aliphatic rings. The van der Waals surface area contributed by atoms with Crippen molar-refractivity contribution >= 4 is 33.7 Å². The topological polar surface area (TPSA) is 74.1 Å². The van der Waals surface area contributed by atoms with Crippen molar-refractivity contribution in [3.8, 4) is 11.6 Å². The van der Waals surface area contributed by atoms with E-state index in [2.05, 4.69) is 30.6 Å². The average Bonchev–Trinajstić information content (AvgIpc) is 2.84. The van der Waals surface area contributed by atoms with Crippen molar-refractivity contribution < 1.29 is 23.1 Å². The quantitative estimate of drug-likeness (QED) is 0.680. The first kappa shape index (κ1) is 22.2. The van der Waals surface area contributed by atoms with Crippen LogP contribution in [-0.4, -0.2) is 27.3 Å². The molecule has 2 heterocycles. The fourth-order valence-corrected chi connectivity index (χ4v) is 2.95. The van der Waals surface area contributed by atoms with E-state index in [-0.39, 0.29) is 23.1 Å². The Morgan fingerprint density at radius 3 is 2.42 bits per heavy atom. The number of imidazole rings is 1. The van der Waals surface area contributed by atoms with Gasteiger partial charge in [0, 0.05) is 28.6 Å². The number of alkyl halides is 2. The highest BCUT2D eigenvalue weighted by Gasteiger charge is 2.27. The minimum atomic E-state index is -2.96. The molecule has 0 bridgehead atoms. The molecule has 0 spiro atoms. The molecule has 26 heavy (non-hydrogen) atoms. The highest BCUT2D eigenvalue weighted by atomic mass is 79.9. The highest BCUT2D eigenvalue weighted by molar-refractivity contribution is 9.10. The number of halogens is 4. The summed E-state index contributed by atoms with van der Waals surface area (Å²) >= 11 is 9.69. The number of aryl methyl sites for hydroxylation is 1. The normalized spacial score (nSPS) is 11.0. The molecule has 0 aliphatic carbocycles. The molecule has 0 saturated carbocycles. The maximum Gasteiger partial charge on any atom is 0.387 e. The molecule has 2 aromatic rings. The molecule has 0 aromatic carbocycles. The van der Waals surface area contributed by atoms with Gasteiger partial charge >= 0.3 is 12.8 Å². The Morgan fingerprint density at radius 1 is 1.38 bits per heavy atom. The lowest BCUT2D eigenvalue weighted by Crippen LogP contribution is -2.13. The van der Waals surface area contributed by atoms with Crippen molar-refractivity contribution in [3.05, 3.63) is 33.4 Å². The van der Waals surface area contributed by atoms with Gasteiger partial charge < -0.3 is 4.74 Å². The molecule has 0 N–H and O–H groups in total. The van der Waals surface area contributed by atoms with E-state index in [0.29, 0.717) is 27.6 Å². The third-order valence-electron chi connectivity index (χ3n) is 3.14. The van der Waals surface area contributed by atoms with Crippen molar-refractivity contribution in [1.82, 2.24) is 14.5 Å². The van der Waals surface area contributed by atoms with Gasteiger partial charge in [0.25, 0.3) is 0 Å². The Kier molecular flexibility index (Phi) is 7.87. The second-order valence-electron chi connectivity index (χ2n) is 6.04. The summed E-state index contributed by atoms with van der Waals surface area (Å²) in [5, 5.41) is 0.350. The van der Waals surface area contributed by atoms with Crippen molar-refractivity contribution in [1.29, 1.82) is 0 Å². The van der Waals surface area contributed by atoms with Gasteiger partial charge in [0.15, 0.2) is 11.6 Å². The smallest absolute Gasteiger partial charge is 0.387 e. The van der Waals surface area contributed by atoms with Gasteiger partial charge in [-0.15, -0.1) is 0 Å². The number of nitrogens with zero attached hydrogens (tertiary/aromatic N) is 3. The lowest BCUT2D eigenvalue weighted by atomic mass is 9.93. The predicted molar refractivity (Wildman–Crippen MR) is 93.8 cm³/mol. The molecule has 6 nitrogen and oxygen atoms in total. The van der Waals surface area contributed by atoms with Gasteiger partial charge in [0.2, 0.25) is 0 Å². The number of ether oxygens (including phenoxy) is 1. The fraction of sp³-hybridized carbons (Fsp3) is 0.438.